The molecule has 2 aromatic rings. The van der Waals surface area contributed by atoms with Crippen LogP contribution < -0.4 is 10.1 Å². The zero-order valence-corrected chi connectivity index (χ0v) is 11.4. The van der Waals surface area contributed by atoms with Crippen LogP contribution in [0, 0.1) is 10.1 Å². The summed E-state index contributed by atoms with van der Waals surface area (Å²) in [6, 6.07) is 4.38. The lowest BCUT2D eigenvalue weighted by Gasteiger charge is -2.14. The summed E-state index contributed by atoms with van der Waals surface area (Å²) in [7, 11) is 3.30. The lowest BCUT2D eigenvalue weighted by atomic mass is 10.2. The SMILES string of the molecule is COc1cc(NC(C)c2nncn2C)cc([N+](=O)[O-])c1. The Morgan fingerprint density at radius 2 is 2.20 bits per heavy atom. The number of nitrogens with one attached hydrogen (secondary N) is 1. The van der Waals surface area contributed by atoms with Crippen LogP contribution >= 0.6 is 0 Å². The maximum Gasteiger partial charge on any atom is 0.275 e. The van der Waals surface area contributed by atoms with Crippen LogP contribution in [0.3, 0.4) is 0 Å². The van der Waals surface area contributed by atoms with Crippen molar-refractivity contribution >= 4 is 11.4 Å². The predicted molar refractivity (Wildman–Crippen MR) is 72.7 cm³/mol. The minimum Gasteiger partial charge on any atom is -0.496 e. The van der Waals surface area contributed by atoms with Gasteiger partial charge in [0.25, 0.3) is 5.69 Å². The molecule has 0 aliphatic rings. The highest BCUT2D eigenvalue weighted by molar-refractivity contribution is 5.57. The second kappa shape index (κ2) is 5.55. The Bertz CT molecular complexity index is 625. The number of nitro groups is 1. The summed E-state index contributed by atoms with van der Waals surface area (Å²) in [4.78, 5) is 10.4. The van der Waals surface area contributed by atoms with Crippen molar-refractivity contribution < 1.29 is 9.66 Å². The van der Waals surface area contributed by atoms with E-state index in [1.165, 1.54) is 19.2 Å². The second-order valence-corrected chi connectivity index (χ2v) is 4.34. The standard InChI is InChI=1S/C12H15N5O3/c1-8(12-15-13-7-16(12)2)14-9-4-10(17(18)19)6-11(5-9)20-3/h4-8,14H,1-3H3. The summed E-state index contributed by atoms with van der Waals surface area (Å²) in [6.07, 6.45) is 1.60. The topological polar surface area (TPSA) is 95.1 Å². The summed E-state index contributed by atoms with van der Waals surface area (Å²) in [5.41, 5.74) is 0.559. The number of aryl methyl sites for hydroxylation is 1. The Morgan fingerprint density at radius 3 is 2.75 bits per heavy atom. The maximum absolute atomic E-state index is 10.9. The summed E-state index contributed by atoms with van der Waals surface area (Å²) in [6.45, 7) is 1.90. The fourth-order valence-electron chi connectivity index (χ4n) is 1.89. The van der Waals surface area contributed by atoms with Crippen molar-refractivity contribution in [1.82, 2.24) is 14.8 Å². The molecule has 0 bridgehead atoms. The average molecular weight is 277 g/mol. The van der Waals surface area contributed by atoms with Crippen LogP contribution in [0.15, 0.2) is 24.5 Å². The monoisotopic (exact) mass is 277 g/mol. The van der Waals surface area contributed by atoms with E-state index in [1.54, 1.807) is 17.0 Å². The van der Waals surface area contributed by atoms with Gasteiger partial charge in [-0.05, 0) is 6.92 Å². The van der Waals surface area contributed by atoms with Crippen LogP contribution in [0.5, 0.6) is 5.75 Å². The van der Waals surface area contributed by atoms with Crippen LogP contribution in [-0.4, -0.2) is 26.8 Å². The van der Waals surface area contributed by atoms with E-state index in [-0.39, 0.29) is 11.7 Å². The lowest BCUT2D eigenvalue weighted by molar-refractivity contribution is -0.384. The van der Waals surface area contributed by atoms with E-state index < -0.39 is 4.92 Å². The third kappa shape index (κ3) is 2.85. The summed E-state index contributed by atoms with van der Waals surface area (Å²) < 4.78 is 6.85. The average Bonchev–Trinajstić information content (AvgIpc) is 2.84. The van der Waals surface area contributed by atoms with Gasteiger partial charge in [-0.25, -0.2) is 0 Å². The van der Waals surface area contributed by atoms with Gasteiger partial charge in [0, 0.05) is 24.9 Å². The first-order chi connectivity index (χ1) is 9.51. The van der Waals surface area contributed by atoms with Crippen molar-refractivity contribution in [2.24, 2.45) is 7.05 Å². The van der Waals surface area contributed by atoms with E-state index >= 15 is 0 Å². The molecular weight excluding hydrogens is 262 g/mol. The molecule has 8 nitrogen and oxygen atoms in total. The molecule has 0 fully saturated rings. The van der Waals surface area contributed by atoms with Gasteiger partial charge < -0.3 is 14.6 Å². The van der Waals surface area contributed by atoms with E-state index in [0.717, 1.165) is 5.82 Å². The number of methoxy groups -OCH3 is 1. The molecule has 0 saturated heterocycles. The normalized spacial score (nSPS) is 11.9. The van der Waals surface area contributed by atoms with Crippen molar-refractivity contribution in [2.75, 3.05) is 12.4 Å². The van der Waals surface area contributed by atoms with E-state index in [2.05, 4.69) is 15.5 Å². The van der Waals surface area contributed by atoms with Gasteiger partial charge in [-0.15, -0.1) is 10.2 Å². The van der Waals surface area contributed by atoms with Crippen molar-refractivity contribution in [3.8, 4) is 5.75 Å². The minimum absolute atomic E-state index is 0.0305. The van der Waals surface area contributed by atoms with Crippen molar-refractivity contribution in [3.05, 3.63) is 40.5 Å². The number of rotatable bonds is 5. The number of aromatic nitrogens is 3. The van der Waals surface area contributed by atoms with Gasteiger partial charge in [-0.2, -0.15) is 0 Å². The Morgan fingerprint density at radius 1 is 1.45 bits per heavy atom. The third-order valence-corrected chi connectivity index (χ3v) is 2.85. The zero-order chi connectivity index (χ0) is 14.7. The Balaban J connectivity index is 2.26. The van der Waals surface area contributed by atoms with Gasteiger partial charge in [-0.1, -0.05) is 0 Å². The van der Waals surface area contributed by atoms with Crippen LogP contribution in [-0.2, 0) is 7.05 Å². The molecule has 1 aromatic carbocycles. The van der Waals surface area contributed by atoms with Crippen LogP contribution in [0.1, 0.15) is 18.8 Å². The highest BCUT2D eigenvalue weighted by Gasteiger charge is 2.15. The molecule has 0 spiro atoms. The van der Waals surface area contributed by atoms with E-state index in [1.807, 2.05) is 14.0 Å². The Labute approximate surface area is 115 Å². The molecule has 2 rings (SSSR count). The number of ether oxygens (including phenoxy) is 1. The van der Waals surface area contributed by atoms with Crippen LogP contribution in [0.4, 0.5) is 11.4 Å². The zero-order valence-electron chi connectivity index (χ0n) is 11.4. The number of nitrogens with zero attached hydrogens (tertiary/aromatic N) is 4. The minimum atomic E-state index is -0.458. The van der Waals surface area contributed by atoms with Gasteiger partial charge in [0.05, 0.1) is 24.1 Å². The van der Waals surface area contributed by atoms with Gasteiger partial charge in [0.1, 0.15) is 12.1 Å². The third-order valence-electron chi connectivity index (χ3n) is 2.85. The molecule has 20 heavy (non-hydrogen) atoms. The highest BCUT2D eigenvalue weighted by Crippen LogP contribution is 2.27. The first-order valence-electron chi connectivity index (χ1n) is 5.95. The Kier molecular flexibility index (Phi) is 3.83. The molecule has 1 atom stereocenters. The smallest absolute Gasteiger partial charge is 0.275 e. The Hall–Kier alpha value is -2.64. The van der Waals surface area contributed by atoms with Gasteiger partial charge in [-0.3, -0.25) is 10.1 Å². The molecule has 8 heteroatoms. The molecule has 106 valence electrons. The fourth-order valence-corrected chi connectivity index (χ4v) is 1.89. The van der Waals surface area contributed by atoms with E-state index in [9.17, 15) is 10.1 Å². The van der Waals surface area contributed by atoms with Crippen molar-refractivity contribution in [3.63, 3.8) is 0 Å². The molecule has 1 heterocycles. The summed E-state index contributed by atoms with van der Waals surface area (Å²) in [5.74, 6) is 1.15. The van der Waals surface area contributed by atoms with Gasteiger partial charge >= 0.3 is 0 Å². The first-order valence-corrected chi connectivity index (χ1v) is 5.95. The van der Waals surface area contributed by atoms with Crippen LogP contribution in [0.2, 0.25) is 0 Å². The predicted octanol–water partition coefficient (Wildman–Crippen LogP) is 1.90. The molecule has 0 aliphatic heterocycles. The molecule has 0 saturated carbocycles. The van der Waals surface area contributed by atoms with Crippen molar-refractivity contribution in [1.29, 1.82) is 0 Å². The quantitative estimate of drug-likeness (QED) is 0.662. The molecular formula is C12H15N5O3. The van der Waals surface area contributed by atoms with Crippen LogP contribution in [0.25, 0.3) is 0 Å². The maximum atomic E-state index is 10.9. The first kappa shape index (κ1) is 13.8. The van der Waals surface area contributed by atoms with Crippen molar-refractivity contribution in [2.45, 2.75) is 13.0 Å². The van der Waals surface area contributed by atoms with Gasteiger partial charge in [0.2, 0.25) is 0 Å². The lowest BCUT2D eigenvalue weighted by Crippen LogP contribution is -2.12. The number of hydrogen-bond donors (Lipinski definition) is 1. The number of non-ortho nitro benzene ring substituents is 1. The molecule has 0 amide bonds. The summed E-state index contributed by atoms with van der Waals surface area (Å²) >= 11 is 0. The van der Waals surface area contributed by atoms with Gasteiger partial charge in [0.15, 0.2) is 5.82 Å². The fraction of sp³-hybridized carbons (Fsp3) is 0.333. The van der Waals surface area contributed by atoms with E-state index in [0.29, 0.717) is 11.4 Å². The largest absolute Gasteiger partial charge is 0.496 e. The van der Waals surface area contributed by atoms with E-state index in [4.69, 9.17) is 4.74 Å². The number of nitro benzene ring substituents is 1. The molecule has 1 unspecified atom stereocenters. The highest BCUT2D eigenvalue weighted by atomic mass is 16.6. The summed E-state index contributed by atoms with van der Waals surface area (Å²) in [5, 5.41) is 21.8. The number of anilines is 1. The molecule has 1 aromatic heterocycles. The molecule has 0 aliphatic carbocycles. The molecule has 1 N–H and O–H groups in total. The molecule has 0 radical (unpaired) electrons. The number of hydrogen-bond acceptors (Lipinski definition) is 6. The second-order valence-electron chi connectivity index (χ2n) is 4.34. The number of benzene rings is 1.